The number of para-hydroxylation sites is 2. The van der Waals surface area contributed by atoms with Gasteiger partial charge in [-0.1, -0.05) is 41.9 Å². The van der Waals surface area contributed by atoms with Crippen LogP contribution in [0.4, 0.5) is 0 Å². The molecule has 0 bridgehead atoms. The van der Waals surface area contributed by atoms with Crippen LogP contribution in [0.2, 0.25) is 5.02 Å². The molecule has 0 unspecified atom stereocenters. The minimum Gasteiger partial charge on any atom is -0.494 e. The molecule has 0 fully saturated rings. The average molecular weight is 448 g/mol. The minimum atomic E-state index is -0.169. The van der Waals surface area contributed by atoms with Crippen molar-refractivity contribution in [1.29, 1.82) is 0 Å². The van der Waals surface area contributed by atoms with Gasteiger partial charge < -0.3 is 14.6 Å². The highest BCUT2D eigenvalue weighted by molar-refractivity contribution is 6.30. The third-order valence-electron chi connectivity index (χ3n) is 5.26. The molecule has 0 aliphatic rings. The zero-order valence-corrected chi connectivity index (χ0v) is 18.8. The Hall–Kier alpha value is -3.31. The van der Waals surface area contributed by atoms with Crippen molar-refractivity contribution in [3.63, 3.8) is 0 Å². The summed E-state index contributed by atoms with van der Waals surface area (Å²) >= 11 is 6.01. The number of carbonyl (C=O) groups is 1. The van der Waals surface area contributed by atoms with E-state index in [9.17, 15) is 4.79 Å². The van der Waals surface area contributed by atoms with Gasteiger partial charge in [0.25, 0.3) is 5.91 Å². The lowest BCUT2D eigenvalue weighted by Crippen LogP contribution is -2.24. The van der Waals surface area contributed by atoms with Crippen molar-refractivity contribution in [1.82, 2.24) is 14.9 Å². The molecule has 0 spiro atoms. The molecule has 3 aromatic carbocycles. The van der Waals surface area contributed by atoms with Crippen molar-refractivity contribution in [3.8, 4) is 5.75 Å². The van der Waals surface area contributed by atoms with Crippen LogP contribution in [-0.2, 0) is 13.1 Å². The van der Waals surface area contributed by atoms with E-state index in [0.29, 0.717) is 23.7 Å². The Morgan fingerprint density at radius 1 is 1.03 bits per heavy atom. The van der Waals surface area contributed by atoms with Crippen LogP contribution in [-0.4, -0.2) is 22.1 Å². The van der Waals surface area contributed by atoms with Gasteiger partial charge in [-0.25, -0.2) is 4.98 Å². The highest BCUT2D eigenvalue weighted by atomic mass is 35.5. The number of nitrogens with zero attached hydrogens (tertiary/aromatic N) is 2. The van der Waals surface area contributed by atoms with Gasteiger partial charge in [0.2, 0.25) is 0 Å². The van der Waals surface area contributed by atoms with Gasteiger partial charge in [0, 0.05) is 17.1 Å². The summed E-state index contributed by atoms with van der Waals surface area (Å²) < 4.78 is 8.05. The maximum absolute atomic E-state index is 12.5. The van der Waals surface area contributed by atoms with Crippen LogP contribution in [0.5, 0.6) is 5.75 Å². The highest BCUT2D eigenvalue weighted by Gasteiger charge is 2.12. The summed E-state index contributed by atoms with van der Waals surface area (Å²) in [6.45, 7) is 3.88. The van der Waals surface area contributed by atoms with E-state index in [4.69, 9.17) is 21.3 Å². The maximum atomic E-state index is 12.5. The summed E-state index contributed by atoms with van der Waals surface area (Å²) in [5.41, 5.74) is 3.72. The number of carbonyl (C=O) groups excluding carboxylic acids is 1. The largest absolute Gasteiger partial charge is 0.494 e. The van der Waals surface area contributed by atoms with E-state index in [-0.39, 0.29) is 5.91 Å². The summed E-state index contributed by atoms with van der Waals surface area (Å²) in [5.74, 6) is 1.57. The SMILES string of the molecule is Cc1cccc(OCCCCn2c(CNC(=O)c3cccc(Cl)c3)nc3ccccc32)c1. The Balaban J connectivity index is 1.38. The molecule has 0 aliphatic carbocycles. The fraction of sp³-hybridized carbons (Fsp3) is 0.231. The quantitative estimate of drug-likeness (QED) is 0.330. The minimum absolute atomic E-state index is 0.169. The molecule has 4 rings (SSSR count). The van der Waals surface area contributed by atoms with Crippen LogP contribution in [0.25, 0.3) is 11.0 Å². The van der Waals surface area contributed by atoms with Crippen molar-refractivity contribution in [2.75, 3.05) is 6.61 Å². The van der Waals surface area contributed by atoms with Gasteiger partial charge in [0.1, 0.15) is 11.6 Å². The maximum Gasteiger partial charge on any atom is 0.251 e. The lowest BCUT2D eigenvalue weighted by Gasteiger charge is -2.11. The normalized spacial score (nSPS) is 10.9. The summed E-state index contributed by atoms with van der Waals surface area (Å²) in [7, 11) is 0. The molecular formula is C26H26ClN3O2. The van der Waals surface area contributed by atoms with Gasteiger partial charge in [-0.15, -0.1) is 0 Å². The third-order valence-corrected chi connectivity index (χ3v) is 5.50. The first kappa shape index (κ1) is 21.9. The number of unbranched alkanes of at least 4 members (excludes halogenated alkanes) is 1. The number of halogens is 1. The molecule has 6 heteroatoms. The number of hydrogen-bond acceptors (Lipinski definition) is 3. The number of aromatic nitrogens is 2. The van der Waals surface area contributed by atoms with E-state index in [1.807, 2.05) is 36.4 Å². The molecule has 4 aromatic rings. The van der Waals surface area contributed by atoms with Crippen LogP contribution < -0.4 is 10.1 Å². The Kier molecular flexibility index (Phi) is 7.07. The van der Waals surface area contributed by atoms with E-state index >= 15 is 0 Å². The summed E-state index contributed by atoms with van der Waals surface area (Å²) in [6.07, 6.45) is 1.87. The van der Waals surface area contributed by atoms with Gasteiger partial charge in [0.15, 0.2) is 0 Å². The summed E-state index contributed by atoms with van der Waals surface area (Å²) in [5, 5.41) is 3.51. The standard InChI is InChI=1S/C26H26ClN3O2/c1-19-8-6-11-22(16-19)32-15-5-4-14-30-24-13-3-2-12-23(24)29-25(30)18-28-26(31)20-9-7-10-21(27)17-20/h2-3,6-13,16-17H,4-5,14-15,18H2,1H3,(H,28,31). The van der Waals surface area contributed by atoms with Crippen molar-refractivity contribution < 1.29 is 9.53 Å². The third kappa shape index (κ3) is 5.48. The second-order valence-corrected chi connectivity index (χ2v) is 8.17. The number of ether oxygens (including phenoxy) is 1. The van der Waals surface area contributed by atoms with Crippen LogP contribution in [0.1, 0.15) is 34.6 Å². The van der Waals surface area contributed by atoms with Crippen molar-refractivity contribution >= 4 is 28.5 Å². The van der Waals surface area contributed by atoms with E-state index in [2.05, 4.69) is 28.9 Å². The van der Waals surface area contributed by atoms with E-state index in [0.717, 1.165) is 42.0 Å². The first-order chi connectivity index (χ1) is 15.6. The molecule has 1 aromatic heterocycles. The number of fused-ring (bicyclic) bond motifs is 1. The van der Waals surface area contributed by atoms with Gasteiger partial charge in [-0.2, -0.15) is 0 Å². The molecule has 164 valence electrons. The van der Waals surface area contributed by atoms with Crippen LogP contribution in [0.15, 0.2) is 72.8 Å². The molecule has 0 saturated heterocycles. The number of rotatable bonds is 9. The Labute approximate surface area is 193 Å². The van der Waals surface area contributed by atoms with Gasteiger partial charge in [-0.05, 0) is 67.8 Å². The first-order valence-corrected chi connectivity index (χ1v) is 11.2. The van der Waals surface area contributed by atoms with E-state index < -0.39 is 0 Å². The molecule has 0 aliphatic heterocycles. The van der Waals surface area contributed by atoms with Crippen molar-refractivity contribution in [3.05, 3.63) is 94.8 Å². The number of aryl methyl sites for hydroxylation is 2. The van der Waals surface area contributed by atoms with E-state index in [1.165, 1.54) is 5.56 Å². The second-order valence-electron chi connectivity index (χ2n) is 7.73. The molecule has 1 N–H and O–H groups in total. The van der Waals surface area contributed by atoms with Crippen LogP contribution in [0.3, 0.4) is 0 Å². The van der Waals surface area contributed by atoms with Crippen LogP contribution in [0, 0.1) is 6.92 Å². The number of amides is 1. The highest BCUT2D eigenvalue weighted by Crippen LogP contribution is 2.18. The van der Waals surface area contributed by atoms with Crippen molar-refractivity contribution in [2.45, 2.75) is 32.9 Å². The molecule has 32 heavy (non-hydrogen) atoms. The van der Waals surface area contributed by atoms with Gasteiger partial charge in [0.05, 0.1) is 24.2 Å². The number of benzene rings is 3. The molecule has 0 atom stereocenters. The zero-order valence-electron chi connectivity index (χ0n) is 18.1. The fourth-order valence-electron chi connectivity index (χ4n) is 3.67. The summed E-state index contributed by atoms with van der Waals surface area (Å²) in [4.78, 5) is 17.3. The van der Waals surface area contributed by atoms with Gasteiger partial charge >= 0.3 is 0 Å². The first-order valence-electron chi connectivity index (χ1n) is 10.8. The lowest BCUT2D eigenvalue weighted by molar-refractivity contribution is 0.0949. The molecule has 1 heterocycles. The lowest BCUT2D eigenvalue weighted by atomic mass is 10.2. The number of nitrogens with one attached hydrogen (secondary N) is 1. The number of imidazole rings is 1. The molecular weight excluding hydrogens is 422 g/mol. The Morgan fingerprint density at radius 3 is 2.72 bits per heavy atom. The average Bonchev–Trinajstić information content (AvgIpc) is 3.15. The van der Waals surface area contributed by atoms with E-state index in [1.54, 1.807) is 24.3 Å². The monoisotopic (exact) mass is 447 g/mol. The Bertz CT molecular complexity index is 1220. The molecule has 0 saturated carbocycles. The van der Waals surface area contributed by atoms with Crippen molar-refractivity contribution in [2.24, 2.45) is 0 Å². The smallest absolute Gasteiger partial charge is 0.251 e. The fourth-order valence-corrected chi connectivity index (χ4v) is 3.86. The zero-order chi connectivity index (χ0) is 22.3. The predicted octanol–water partition coefficient (Wildman–Crippen LogP) is 5.79. The molecule has 1 amide bonds. The topological polar surface area (TPSA) is 56.1 Å². The predicted molar refractivity (Wildman–Crippen MR) is 128 cm³/mol. The number of hydrogen-bond donors (Lipinski definition) is 1. The molecule has 0 radical (unpaired) electrons. The Morgan fingerprint density at radius 2 is 1.88 bits per heavy atom. The van der Waals surface area contributed by atoms with Crippen LogP contribution >= 0.6 is 11.6 Å². The van der Waals surface area contributed by atoms with Gasteiger partial charge in [-0.3, -0.25) is 4.79 Å². The second kappa shape index (κ2) is 10.3. The molecule has 5 nitrogen and oxygen atoms in total. The summed E-state index contributed by atoms with van der Waals surface area (Å²) in [6, 6.07) is 23.1.